The summed E-state index contributed by atoms with van der Waals surface area (Å²) >= 11 is 0. The number of aromatic nitrogens is 5. The Morgan fingerprint density at radius 2 is 1.86 bits per heavy atom. The van der Waals surface area contributed by atoms with E-state index in [2.05, 4.69) is 30.7 Å². The average Bonchev–Trinajstić information content (AvgIpc) is 3.18. The second kappa shape index (κ2) is 7.83. The molecule has 0 saturated heterocycles. The quantitative estimate of drug-likeness (QED) is 0.528. The minimum atomic E-state index is -0.359. The summed E-state index contributed by atoms with van der Waals surface area (Å²) in [5.41, 5.74) is 2.45. The van der Waals surface area contributed by atoms with Gasteiger partial charge in [-0.1, -0.05) is 18.2 Å². The van der Waals surface area contributed by atoms with Gasteiger partial charge in [0.2, 0.25) is 5.95 Å². The van der Waals surface area contributed by atoms with Crippen molar-refractivity contribution in [2.24, 2.45) is 0 Å². The molecule has 0 saturated carbocycles. The van der Waals surface area contributed by atoms with Crippen LogP contribution in [0.15, 0.2) is 73.3 Å². The number of hydrogen-bond acceptors (Lipinski definition) is 6. The van der Waals surface area contributed by atoms with Crippen LogP contribution >= 0.6 is 0 Å². The molecule has 0 aliphatic rings. The number of anilines is 3. The summed E-state index contributed by atoms with van der Waals surface area (Å²) in [5, 5.41) is 10.8. The largest absolute Gasteiger partial charge is 0.362 e. The molecular weight excluding hydrogens is 357 g/mol. The van der Waals surface area contributed by atoms with Crippen LogP contribution in [0.3, 0.4) is 0 Å². The van der Waals surface area contributed by atoms with Gasteiger partial charge in [0.25, 0.3) is 0 Å². The standard InChI is InChI=1S/C20H18FN7/c1-14(18-8-7-15(21)12-23-18)25-19-11-16(9-10-22-19)26-20-24-13-28(27-20)17-5-3-2-4-6-17/h2-14H,1H3,(H2,22,25,26,27)/t14-/m0/s1. The van der Waals surface area contributed by atoms with E-state index in [9.17, 15) is 4.39 Å². The highest BCUT2D eigenvalue weighted by atomic mass is 19.1. The second-order valence-electron chi connectivity index (χ2n) is 6.17. The predicted octanol–water partition coefficient (Wildman–Crippen LogP) is 4.11. The zero-order valence-electron chi connectivity index (χ0n) is 15.1. The number of pyridine rings is 2. The molecular formula is C20H18FN7. The number of nitrogens with one attached hydrogen (secondary N) is 2. The summed E-state index contributed by atoms with van der Waals surface area (Å²) in [4.78, 5) is 12.7. The highest BCUT2D eigenvalue weighted by molar-refractivity contribution is 5.58. The fraction of sp³-hybridized carbons (Fsp3) is 0.100. The van der Waals surface area contributed by atoms with Gasteiger partial charge in [-0.3, -0.25) is 4.98 Å². The molecule has 140 valence electrons. The maximum atomic E-state index is 13.0. The number of para-hydroxylation sites is 1. The van der Waals surface area contributed by atoms with E-state index in [1.807, 2.05) is 49.4 Å². The third-order valence-corrected chi connectivity index (χ3v) is 4.09. The normalized spacial score (nSPS) is 11.8. The molecule has 28 heavy (non-hydrogen) atoms. The van der Waals surface area contributed by atoms with Crippen LogP contribution in [0.1, 0.15) is 18.7 Å². The average molecular weight is 375 g/mol. The molecule has 4 rings (SSSR count). The fourth-order valence-corrected chi connectivity index (χ4v) is 2.68. The van der Waals surface area contributed by atoms with Gasteiger partial charge in [-0.25, -0.2) is 14.1 Å². The van der Waals surface area contributed by atoms with Crippen molar-refractivity contribution in [3.63, 3.8) is 0 Å². The monoisotopic (exact) mass is 375 g/mol. The van der Waals surface area contributed by atoms with Crippen molar-refractivity contribution in [1.29, 1.82) is 0 Å². The Bertz CT molecular complexity index is 1050. The Morgan fingerprint density at radius 3 is 2.64 bits per heavy atom. The van der Waals surface area contributed by atoms with Gasteiger partial charge >= 0.3 is 0 Å². The number of benzene rings is 1. The predicted molar refractivity (Wildman–Crippen MR) is 105 cm³/mol. The molecule has 1 aromatic carbocycles. The van der Waals surface area contributed by atoms with Gasteiger partial charge in [0.1, 0.15) is 18.0 Å². The Kier molecular flexibility index (Phi) is 4.92. The Labute approximate surface area is 161 Å². The van der Waals surface area contributed by atoms with E-state index >= 15 is 0 Å². The maximum Gasteiger partial charge on any atom is 0.246 e. The number of hydrogen-bond donors (Lipinski definition) is 2. The van der Waals surface area contributed by atoms with E-state index < -0.39 is 0 Å². The van der Waals surface area contributed by atoms with Gasteiger partial charge in [-0.15, -0.1) is 5.10 Å². The second-order valence-corrected chi connectivity index (χ2v) is 6.17. The van der Waals surface area contributed by atoms with Crippen molar-refractivity contribution < 1.29 is 4.39 Å². The Balaban J connectivity index is 1.45. The topological polar surface area (TPSA) is 80.5 Å². The summed E-state index contributed by atoms with van der Waals surface area (Å²) in [6.07, 6.45) is 4.54. The molecule has 2 N–H and O–H groups in total. The molecule has 8 heteroatoms. The van der Waals surface area contributed by atoms with Gasteiger partial charge in [0, 0.05) is 18.0 Å². The van der Waals surface area contributed by atoms with E-state index in [1.165, 1.54) is 12.3 Å². The smallest absolute Gasteiger partial charge is 0.246 e. The first kappa shape index (κ1) is 17.6. The molecule has 3 heterocycles. The van der Waals surface area contributed by atoms with Gasteiger partial charge in [-0.05, 0) is 37.3 Å². The van der Waals surface area contributed by atoms with Crippen molar-refractivity contribution in [3.8, 4) is 5.69 Å². The summed E-state index contributed by atoms with van der Waals surface area (Å²) in [6.45, 7) is 1.94. The Hall–Kier alpha value is -3.81. The van der Waals surface area contributed by atoms with Crippen molar-refractivity contribution in [2.75, 3.05) is 10.6 Å². The SMILES string of the molecule is C[C@H](Nc1cc(Nc2ncn(-c3ccccc3)n2)ccn1)c1ccc(F)cn1. The minimum absolute atomic E-state index is 0.126. The van der Waals surface area contributed by atoms with E-state index in [0.717, 1.165) is 17.1 Å². The third kappa shape index (κ3) is 4.12. The summed E-state index contributed by atoms with van der Waals surface area (Å²) in [5.74, 6) is 0.781. The highest BCUT2D eigenvalue weighted by Gasteiger charge is 2.09. The first-order valence-corrected chi connectivity index (χ1v) is 8.75. The molecule has 1 atom stereocenters. The van der Waals surface area contributed by atoms with Gasteiger partial charge in [0.15, 0.2) is 0 Å². The highest BCUT2D eigenvalue weighted by Crippen LogP contribution is 2.20. The summed E-state index contributed by atoms with van der Waals surface area (Å²) < 4.78 is 14.7. The van der Waals surface area contributed by atoms with Crippen LogP contribution in [-0.2, 0) is 0 Å². The first-order chi connectivity index (χ1) is 13.7. The van der Waals surface area contributed by atoms with Crippen molar-refractivity contribution in [1.82, 2.24) is 24.7 Å². The Morgan fingerprint density at radius 1 is 1.00 bits per heavy atom. The van der Waals surface area contributed by atoms with E-state index in [-0.39, 0.29) is 11.9 Å². The van der Waals surface area contributed by atoms with Crippen molar-refractivity contribution in [3.05, 3.63) is 84.8 Å². The van der Waals surface area contributed by atoms with Gasteiger partial charge in [0.05, 0.1) is 23.6 Å². The van der Waals surface area contributed by atoms with Crippen molar-refractivity contribution in [2.45, 2.75) is 13.0 Å². The molecule has 0 unspecified atom stereocenters. The number of rotatable bonds is 6. The van der Waals surface area contributed by atoms with Crippen LogP contribution in [0.2, 0.25) is 0 Å². The van der Waals surface area contributed by atoms with Gasteiger partial charge < -0.3 is 10.6 Å². The summed E-state index contributed by atoms with van der Waals surface area (Å²) in [6, 6.07) is 16.3. The molecule has 0 fully saturated rings. The lowest BCUT2D eigenvalue weighted by molar-refractivity contribution is 0.617. The zero-order valence-corrected chi connectivity index (χ0v) is 15.1. The molecule has 0 amide bonds. The lowest BCUT2D eigenvalue weighted by atomic mass is 10.2. The molecule has 0 bridgehead atoms. The van der Waals surface area contributed by atoms with E-state index in [1.54, 1.807) is 23.3 Å². The van der Waals surface area contributed by atoms with Gasteiger partial charge in [-0.2, -0.15) is 4.98 Å². The molecule has 4 aromatic rings. The lowest BCUT2D eigenvalue weighted by Crippen LogP contribution is -2.09. The van der Waals surface area contributed by atoms with E-state index in [0.29, 0.717) is 11.8 Å². The van der Waals surface area contributed by atoms with Crippen LogP contribution < -0.4 is 10.6 Å². The lowest BCUT2D eigenvalue weighted by Gasteiger charge is -2.14. The molecule has 0 aliphatic carbocycles. The maximum absolute atomic E-state index is 13.0. The fourth-order valence-electron chi connectivity index (χ4n) is 2.68. The van der Waals surface area contributed by atoms with Crippen molar-refractivity contribution >= 4 is 17.5 Å². The summed E-state index contributed by atoms with van der Waals surface area (Å²) in [7, 11) is 0. The van der Waals surface area contributed by atoms with Crippen LogP contribution in [0.4, 0.5) is 21.8 Å². The molecule has 3 aromatic heterocycles. The van der Waals surface area contributed by atoms with E-state index in [4.69, 9.17) is 0 Å². The number of nitrogens with zero attached hydrogens (tertiary/aromatic N) is 5. The van der Waals surface area contributed by atoms with Crippen LogP contribution in [-0.4, -0.2) is 24.7 Å². The molecule has 0 radical (unpaired) electrons. The molecule has 0 spiro atoms. The third-order valence-electron chi connectivity index (χ3n) is 4.09. The van der Waals surface area contributed by atoms with Crippen LogP contribution in [0, 0.1) is 5.82 Å². The van der Waals surface area contributed by atoms with Crippen LogP contribution in [0.25, 0.3) is 5.69 Å². The first-order valence-electron chi connectivity index (χ1n) is 8.75. The molecule has 0 aliphatic heterocycles. The van der Waals surface area contributed by atoms with Crippen LogP contribution in [0.5, 0.6) is 0 Å². The zero-order chi connectivity index (χ0) is 19.3. The number of halogens is 1. The minimum Gasteiger partial charge on any atom is -0.362 e. The molecule has 7 nitrogen and oxygen atoms in total.